The number of rotatable bonds is 11. The van der Waals surface area contributed by atoms with Gasteiger partial charge in [-0.1, -0.05) is 64.5 Å². The van der Waals surface area contributed by atoms with Gasteiger partial charge in [0.1, 0.15) is 6.04 Å². The molecule has 0 saturated heterocycles. The third-order valence-corrected chi connectivity index (χ3v) is 6.33. The van der Waals surface area contributed by atoms with Gasteiger partial charge in [0.2, 0.25) is 11.8 Å². The minimum absolute atomic E-state index is 0.0932. The van der Waals surface area contributed by atoms with E-state index in [4.69, 9.17) is 9.47 Å². The third kappa shape index (κ3) is 7.33. The van der Waals surface area contributed by atoms with Gasteiger partial charge < -0.3 is 19.7 Å². The Kier molecular flexibility index (Phi) is 9.73. The summed E-state index contributed by atoms with van der Waals surface area (Å²) in [5, 5.41) is 2.75. The Morgan fingerprint density at radius 3 is 2.26 bits per heavy atom. The topological polar surface area (TPSA) is 67.9 Å². The Balaban J connectivity index is 1.87. The lowest BCUT2D eigenvalue weighted by atomic mass is 10.0. The molecule has 0 fully saturated rings. The van der Waals surface area contributed by atoms with Gasteiger partial charge in [0.05, 0.1) is 14.2 Å². The fourth-order valence-electron chi connectivity index (χ4n) is 3.98. The van der Waals surface area contributed by atoms with Crippen molar-refractivity contribution in [1.29, 1.82) is 0 Å². The number of benzene rings is 3. The number of nitrogens with one attached hydrogen (secondary N) is 1. The predicted molar refractivity (Wildman–Crippen MR) is 141 cm³/mol. The van der Waals surface area contributed by atoms with E-state index in [0.717, 1.165) is 21.2 Å². The fourth-order valence-corrected chi connectivity index (χ4v) is 4.43. The summed E-state index contributed by atoms with van der Waals surface area (Å²) >= 11 is 3.50. The van der Waals surface area contributed by atoms with Gasteiger partial charge in [-0.05, 0) is 47.4 Å². The molecule has 0 unspecified atom stereocenters. The number of nitrogens with zero attached hydrogens (tertiary/aromatic N) is 1. The van der Waals surface area contributed by atoms with Crippen LogP contribution in [-0.4, -0.2) is 44.0 Å². The highest BCUT2D eigenvalue weighted by Gasteiger charge is 2.29. The van der Waals surface area contributed by atoms with Crippen LogP contribution >= 0.6 is 15.9 Å². The van der Waals surface area contributed by atoms with Gasteiger partial charge in [-0.15, -0.1) is 0 Å². The lowest BCUT2D eigenvalue weighted by molar-refractivity contribution is -0.141. The van der Waals surface area contributed by atoms with Crippen molar-refractivity contribution in [2.75, 3.05) is 21.3 Å². The largest absolute Gasteiger partial charge is 0.493 e. The number of carbonyl (C=O) groups excluding carboxylic acids is 2. The summed E-state index contributed by atoms with van der Waals surface area (Å²) in [6.07, 6.45) is 1.20. The molecule has 1 N–H and O–H groups in total. The fraction of sp³-hybridized carbons (Fsp3) is 0.286. The Labute approximate surface area is 215 Å². The first-order valence-corrected chi connectivity index (χ1v) is 12.2. The zero-order valence-electron chi connectivity index (χ0n) is 20.3. The van der Waals surface area contributed by atoms with E-state index < -0.39 is 6.04 Å². The quantitative estimate of drug-likeness (QED) is 0.381. The highest BCUT2D eigenvalue weighted by atomic mass is 79.9. The zero-order valence-corrected chi connectivity index (χ0v) is 21.9. The summed E-state index contributed by atoms with van der Waals surface area (Å²) in [7, 11) is 4.78. The number of halogens is 1. The number of ether oxygens (including phenoxy) is 2. The van der Waals surface area contributed by atoms with E-state index in [9.17, 15) is 9.59 Å². The van der Waals surface area contributed by atoms with Crippen molar-refractivity contribution >= 4 is 27.7 Å². The molecule has 0 aliphatic heterocycles. The summed E-state index contributed by atoms with van der Waals surface area (Å²) in [5.41, 5.74) is 2.90. The Hall–Kier alpha value is -3.32. The molecular formula is C28H31BrN2O4. The van der Waals surface area contributed by atoms with Crippen LogP contribution in [0.1, 0.15) is 23.1 Å². The molecule has 1 atom stereocenters. The van der Waals surface area contributed by atoms with Crippen molar-refractivity contribution in [3.63, 3.8) is 0 Å². The normalized spacial score (nSPS) is 11.4. The average molecular weight is 539 g/mol. The highest BCUT2D eigenvalue weighted by molar-refractivity contribution is 9.10. The Morgan fingerprint density at radius 2 is 1.60 bits per heavy atom. The van der Waals surface area contributed by atoms with Gasteiger partial charge in [-0.3, -0.25) is 9.59 Å². The molecule has 7 heteroatoms. The van der Waals surface area contributed by atoms with Crippen LogP contribution in [0.5, 0.6) is 11.5 Å². The molecule has 184 valence electrons. The molecule has 0 radical (unpaired) electrons. The lowest BCUT2D eigenvalue weighted by Crippen LogP contribution is -2.49. The zero-order chi connectivity index (χ0) is 25.2. The molecule has 0 aliphatic carbocycles. The maximum absolute atomic E-state index is 13.6. The van der Waals surface area contributed by atoms with Crippen molar-refractivity contribution in [3.8, 4) is 11.5 Å². The Morgan fingerprint density at radius 1 is 0.886 bits per heavy atom. The van der Waals surface area contributed by atoms with Gasteiger partial charge in [0, 0.05) is 30.9 Å². The Bertz CT molecular complexity index is 1140. The summed E-state index contributed by atoms with van der Waals surface area (Å²) in [6.45, 7) is 0.328. The van der Waals surface area contributed by atoms with Crippen molar-refractivity contribution in [2.24, 2.45) is 0 Å². The second-order valence-corrected chi connectivity index (χ2v) is 9.08. The summed E-state index contributed by atoms with van der Waals surface area (Å²) in [5.74, 6) is 0.977. The number of likely N-dealkylation sites (N-methyl/N-ethyl adjacent to an activating group) is 1. The van der Waals surface area contributed by atoms with Gasteiger partial charge in [-0.25, -0.2) is 0 Å². The second-order valence-electron chi connectivity index (χ2n) is 8.16. The number of carbonyl (C=O) groups is 2. The van der Waals surface area contributed by atoms with Crippen LogP contribution in [0.2, 0.25) is 0 Å². The molecule has 0 spiro atoms. The van der Waals surface area contributed by atoms with Crippen LogP contribution in [0.4, 0.5) is 0 Å². The van der Waals surface area contributed by atoms with Crippen LogP contribution in [0, 0.1) is 0 Å². The van der Waals surface area contributed by atoms with Crippen LogP contribution in [-0.2, 0) is 29.0 Å². The highest BCUT2D eigenvalue weighted by Crippen LogP contribution is 2.28. The standard InChI is InChI=1S/C28H31BrN2O4/c1-30-28(33)24(17-20-8-5-4-6-9-20)31(19-22-10-7-11-23(29)16-22)27(32)15-13-21-12-14-25(34-2)26(18-21)35-3/h4-12,14,16,18,24H,13,15,17,19H2,1-3H3,(H,30,33)/t24-/m1/s1. The molecule has 3 aromatic rings. The third-order valence-electron chi connectivity index (χ3n) is 5.83. The van der Waals surface area contributed by atoms with E-state index in [-0.39, 0.29) is 18.2 Å². The van der Waals surface area contributed by atoms with E-state index in [1.807, 2.05) is 72.8 Å². The number of hydrogen-bond acceptors (Lipinski definition) is 4. The second kappa shape index (κ2) is 13.0. The molecule has 0 heterocycles. The smallest absolute Gasteiger partial charge is 0.242 e. The average Bonchev–Trinajstić information content (AvgIpc) is 2.89. The lowest BCUT2D eigenvalue weighted by Gasteiger charge is -2.31. The van der Waals surface area contributed by atoms with Gasteiger partial charge in [0.25, 0.3) is 0 Å². The molecule has 0 aliphatic rings. The number of methoxy groups -OCH3 is 2. The minimum atomic E-state index is -0.640. The number of amides is 2. The SMILES string of the molecule is CNC(=O)[C@@H](Cc1ccccc1)N(Cc1cccc(Br)c1)C(=O)CCc1ccc(OC)c(OC)c1. The molecule has 0 aromatic heterocycles. The van der Waals surface area contributed by atoms with Crippen molar-refractivity contribution < 1.29 is 19.1 Å². The first-order chi connectivity index (χ1) is 16.9. The molecule has 35 heavy (non-hydrogen) atoms. The minimum Gasteiger partial charge on any atom is -0.493 e. The molecule has 6 nitrogen and oxygen atoms in total. The molecule has 0 bridgehead atoms. The van der Waals surface area contributed by atoms with Crippen LogP contribution in [0.3, 0.4) is 0 Å². The van der Waals surface area contributed by atoms with E-state index in [0.29, 0.717) is 30.9 Å². The maximum Gasteiger partial charge on any atom is 0.242 e. The van der Waals surface area contributed by atoms with E-state index in [1.165, 1.54) is 0 Å². The molecule has 3 rings (SSSR count). The molecule has 0 saturated carbocycles. The van der Waals surface area contributed by atoms with Crippen LogP contribution in [0.25, 0.3) is 0 Å². The van der Waals surface area contributed by atoms with Crippen molar-refractivity contribution in [1.82, 2.24) is 10.2 Å². The van der Waals surface area contributed by atoms with E-state index in [2.05, 4.69) is 21.2 Å². The molecular weight excluding hydrogens is 508 g/mol. The predicted octanol–water partition coefficient (Wildman–Crippen LogP) is 4.79. The molecule has 2 amide bonds. The molecule has 3 aromatic carbocycles. The summed E-state index contributed by atoms with van der Waals surface area (Å²) < 4.78 is 11.6. The number of hydrogen-bond donors (Lipinski definition) is 1. The van der Waals surface area contributed by atoms with Gasteiger partial charge in [-0.2, -0.15) is 0 Å². The van der Waals surface area contributed by atoms with E-state index >= 15 is 0 Å². The monoisotopic (exact) mass is 538 g/mol. The van der Waals surface area contributed by atoms with Crippen molar-refractivity contribution in [2.45, 2.75) is 31.8 Å². The first-order valence-electron chi connectivity index (χ1n) is 11.5. The maximum atomic E-state index is 13.6. The van der Waals surface area contributed by atoms with Gasteiger partial charge in [0.15, 0.2) is 11.5 Å². The van der Waals surface area contributed by atoms with Crippen molar-refractivity contribution in [3.05, 3.63) is 94.0 Å². The van der Waals surface area contributed by atoms with E-state index in [1.54, 1.807) is 26.2 Å². The van der Waals surface area contributed by atoms with Crippen LogP contribution in [0.15, 0.2) is 77.3 Å². The first kappa shape index (κ1) is 26.3. The van der Waals surface area contributed by atoms with Gasteiger partial charge >= 0.3 is 0 Å². The summed E-state index contributed by atoms with van der Waals surface area (Å²) in [6, 6.07) is 22.6. The number of aryl methyl sites for hydroxylation is 1. The van der Waals surface area contributed by atoms with Crippen LogP contribution < -0.4 is 14.8 Å². The summed E-state index contributed by atoms with van der Waals surface area (Å²) in [4.78, 5) is 28.3.